The van der Waals surface area contributed by atoms with Crippen LogP contribution < -0.4 is 10.6 Å². The van der Waals surface area contributed by atoms with Gasteiger partial charge in [0.25, 0.3) is 0 Å². The van der Waals surface area contributed by atoms with E-state index in [1.54, 1.807) is 25.1 Å². The van der Waals surface area contributed by atoms with Gasteiger partial charge in [-0.25, -0.2) is 9.18 Å². The predicted octanol–water partition coefficient (Wildman–Crippen LogP) is 3.48. The number of anilines is 1. The second-order valence-electron chi connectivity index (χ2n) is 6.63. The van der Waals surface area contributed by atoms with Gasteiger partial charge in [-0.2, -0.15) is 0 Å². The van der Waals surface area contributed by atoms with Crippen molar-refractivity contribution in [3.8, 4) is 11.3 Å². The second-order valence-corrected chi connectivity index (χ2v) is 6.63. The standard InChI is InChI=1S/C18H20FN3O3/c1-10-15(12-4-2-3-5-13(12)19)25-22-17(10)21-18(23)20-14-8-9-24-16(14)11-6-7-11/h2-5,11,14,16H,6-9H2,1H3,(H2,20,21,22,23)/t14-,16-/m1/s1. The third-order valence-electron chi connectivity index (χ3n) is 4.81. The minimum absolute atomic E-state index is 0.0192. The lowest BCUT2D eigenvalue weighted by Gasteiger charge is -2.19. The highest BCUT2D eigenvalue weighted by atomic mass is 19.1. The van der Waals surface area contributed by atoms with Gasteiger partial charge in [0.1, 0.15) is 5.82 Å². The quantitative estimate of drug-likeness (QED) is 0.889. The first kappa shape index (κ1) is 16.1. The zero-order valence-electron chi connectivity index (χ0n) is 13.9. The Bertz CT molecular complexity index is 788. The molecule has 25 heavy (non-hydrogen) atoms. The van der Waals surface area contributed by atoms with Gasteiger partial charge in [0.05, 0.1) is 17.7 Å². The fourth-order valence-corrected chi connectivity index (χ4v) is 3.32. The number of nitrogens with one attached hydrogen (secondary N) is 2. The van der Waals surface area contributed by atoms with Crippen LogP contribution in [-0.4, -0.2) is 29.9 Å². The molecule has 1 aliphatic carbocycles. The number of carbonyl (C=O) groups is 1. The first-order chi connectivity index (χ1) is 12.1. The maximum absolute atomic E-state index is 13.9. The molecule has 6 nitrogen and oxygen atoms in total. The molecule has 1 aliphatic heterocycles. The number of nitrogens with zero attached hydrogens (tertiary/aromatic N) is 1. The van der Waals surface area contributed by atoms with E-state index >= 15 is 0 Å². The third kappa shape index (κ3) is 3.24. The largest absolute Gasteiger partial charge is 0.376 e. The molecule has 0 radical (unpaired) electrons. The van der Waals surface area contributed by atoms with E-state index in [1.165, 1.54) is 18.9 Å². The number of hydrogen-bond donors (Lipinski definition) is 2. The third-order valence-corrected chi connectivity index (χ3v) is 4.81. The highest BCUT2D eigenvalue weighted by Crippen LogP contribution is 2.38. The van der Waals surface area contributed by atoms with E-state index in [2.05, 4.69) is 15.8 Å². The second kappa shape index (κ2) is 6.48. The Morgan fingerprint density at radius 1 is 1.28 bits per heavy atom. The summed E-state index contributed by atoms with van der Waals surface area (Å²) in [4.78, 5) is 12.3. The number of urea groups is 1. The van der Waals surface area contributed by atoms with Gasteiger partial charge in [-0.05, 0) is 44.2 Å². The Balaban J connectivity index is 1.44. The summed E-state index contributed by atoms with van der Waals surface area (Å²) in [5.74, 6) is 0.772. The average Bonchev–Trinajstić information content (AvgIpc) is 3.24. The van der Waals surface area contributed by atoms with E-state index in [9.17, 15) is 9.18 Å². The average molecular weight is 345 g/mol. The molecule has 2 atom stereocenters. The first-order valence-electron chi connectivity index (χ1n) is 8.54. The van der Waals surface area contributed by atoms with Crippen LogP contribution >= 0.6 is 0 Å². The minimum atomic E-state index is -0.395. The van der Waals surface area contributed by atoms with Crippen LogP contribution in [0.25, 0.3) is 11.3 Å². The lowest BCUT2D eigenvalue weighted by Crippen LogP contribution is -2.43. The van der Waals surface area contributed by atoms with Crippen molar-refractivity contribution >= 4 is 11.8 Å². The van der Waals surface area contributed by atoms with Crippen molar-refractivity contribution in [1.29, 1.82) is 0 Å². The summed E-state index contributed by atoms with van der Waals surface area (Å²) in [6.07, 6.45) is 3.25. The molecule has 2 amide bonds. The van der Waals surface area contributed by atoms with Crippen molar-refractivity contribution < 1.29 is 18.4 Å². The number of hydrogen-bond acceptors (Lipinski definition) is 4. The van der Waals surface area contributed by atoms with Crippen LogP contribution in [0, 0.1) is 18.7 Å². The maximum Gasteiger partial charge on any atom is 0.320 e. The first-order valence-corrected chi connectivity index (χ1v) is 8.54. The lowest BCUT2D eigenvalue weighted by molar-refractivity contribution is 0.0829. The van der Waals surface area contributed by atoms with E-state index in [0.29, 0.717) is 29.4 Å². The molecular formula is C18H20FN3O3. The van der Waals surface area contributed by atoms with Crippen molar-refractivity contribution in [3.05, 3.63) is 35.6 Å². The Hall–Kier alpha value is -2.41. The fraction of sp³-hybridized carbons (Fsp3) is 0.444. The molecule has 1 aromatic heterocycles. The summed E-state index contributed by atoms with van der Waals surface area (Å²) in [5.41, 5.74) is 0.903. The number of halogens is 1. The van der Waals surface area contributed by atoms with Gasteiger partial charge in [-0.15, -0.1) is 0 Å². The molecule has 1 aromatic carbocycles. The number of ether oxygens (including phenoxy) is 1. The summed E-state index contributed by atoms with van der Waals surface area (Å²) >= 11 is 0. The molecule has 1 saturated carbocycles. The molecule has 1 saturated heterocycles. The minimum Gasteiger partial charge on any atom is -0.376 e. The smallest absolute Gasteiger partial charge is 0.320 e. The van der Waals surface area contributed by atoms with Crippen LogP contribution in [0.4, 0.5) is 15.0 Å². The molecule has 2 heterocycles. The summed E-state index contributed by atoms with van der Waals surface area (Å²) < 4.78 is 24.9. The van der Waals surface area contributed by atoms with E-state index in [-0.39, 0.29) is 24.0 Å². The van der Waals surface area contributed by atoms with Gasteiger partial charge in [0, 0.05) is 12.2 Å². The van der Waals surface area contributed by atoms with Gasteiger partial charge in [0.15, 0.2) is 11.6 Å². The molecule has 2 fully saturated rings. The van der Waals surface area contributed by atoms with E-state index in [1.807, 2.05) is 0 Å². The highest BCUT2D eigenvalue weighted by Gasteiger charge is 2.41. The maximum atomic E-state index is 13.9. The number of amides is 2. The Morgan fingerprint density at radius 2 is 2.08 bits per heavy atom. The van der Waals surface area contributed by atoms with Crippen molar-refractivity contribution in [2.45, 2.75) is 38.3 Å². The van der Waals surface area contributed by atoms with E-state index in [0.717, 1.165) is 6.42 Å². The Kier molecular flexibility index (Phi) is 4.17. The number of carbonyl (C=O) groups excluding carboxylic acids is 1. The van der Waals surface area contributed by atoms with Gasteiger partial charge < -0.3 is 14.6 Å². The molecule has 4 rings (SSSR count). The zero-order valence-corrected chi connectivity index (χ0v) is 13.9. The van der Waals surface area contributed by atoms with Crippen molar-refractivity contribution in [2.75, 3.05) is 11.9 Å². The molecule has 2 N–H and O–H groups in total. The normalized spacial score (nSPS) is 22.8. The molecule has 132 valence electrons. The highest BCUT2D eigenvalue weighted by molar-refractivity contribution is 5.90. The summed E-state index contributed by atoms with van der Waals surface area (Å²) in [6, 6.07) is 5.97. The number of rotatable bonds is 4. The van der Waals surface area contributed by atoms with Crippen LogP contribution in [0.1, 0.15) is 24.8 Å². The Morgan fingerprint density at radius 3 is 2.84 bits per heavy atom. The molecule has 2 aromatic rings. The summed E-state index contributed by atoms with van der Waals surface area (Å²) in [5, 5.41) is 9.52. The van der Waals surface area contributed by atoms with Crippen molar-refractivity contribution in [2.24, 2.45) is 5.92 Å². The van der Waals surface area contributed by atoms with Gasteiger partial charge in [-0.1, -0.05) is 17.3 Å². The summed E-state index contributed by atoms with van der Waals surface area (Å²) in [7, 11) is 0. The van der Waals surface area contributed by atoms with Gasteiger partial charge >= 0.3 is 6.03 Å². The van der Waals surface area contributed by atoms with Crippen molar-refractivity contribution in [3.63, 3.8) is 0 Å². The molecule has 0 unspecified atom stereocenters. The van der Waals surface area contributed by atoms with Gasteiger partial charge in [0.2, 0.25) is 0 Å². The fourth-order valence-electron chi connectivity index (χ4n) is 3.32. The lowest BCUT2D eigenvalue weighted by atomic mass is 10.1. The van der Waals surface area contributed by atoms with E-state index in [4.69, 9.17) is 9.26 Å². The van der Waals surface area contributed by atoms with E-state index < -0.39 is 5.82 Å². The van der Waals surface area contributed by atoms with Crippen LogP contribution in [0.15, 0.2) is 28.8 Å². The predicted molar refractivity (Wildman–Crippen MR) is 89.7 cm³/mol. The Labute approximate surface area is 144 Å². The molecule has 2 aliphatic rings. The monoisotopic (exact) mass is 345 g/mol. The zero-order chi connectivity index (χ0) is 17.4. The number of benzene rings is 1. The summed E-state index contributed by atoms with van der Waals surface area (Å²) in [6.45, 7) is 2.41. The van der Waals surface area contributed by atoms with Gasteiger partial charge in [-0.3, -0.25) is 5.32 Å². The topological polar surface area (TPSA) is 76.4 Å². The molecule has 0 bridgehead atoms. The van der Waals surface area contributed by atoms with Crippen LogP contribution in [0.2, 0.25) is 0 Å². The number of aromatic nitrogens is 1. The van der Waals surface area contributed by atoms with Crippen LogP contribution in [-0.2, 0) is 4.74 Å². The van der Waals surface area contributed by atoms with Crippen LogP contribution in [0.5, 0.6) is 0 Å². The SMILES string of the molecule is Cc1c(NC(=O)N[C@@H]2CCO[C@@H]2C2CC2)noc1-c1ccccc1F. The molecular weight excluding hydrogens is 325 g/mol. The molecule has 0 spiro atoms. The molecule has 7 heteroatoms. The van der Waals surface area contributed by atoms with Crippen molar-refractivity contribution in [1.82, 2.24) is 10.5 Å². The van der Waals surface area contributed by atoms with Crippen LogP contribution in [0.3, 0.4) is 0 Å².